The van der Waals surface area contributed by atoms with Crippen molar-refractivity contribution >= 4 is 0 Å². The molecule has 0 amide bonds. The summed E-state index contributed by atoms with van der Waals surface area (Å²) < 4.78 is 0. The zero-order valence-electron chi connectivity index (χ0n) is 11.8. The molecule has 17 heavy (non-hydrogen) atoms. The van der Waals surface area contributed by atoms with Crippen molar-refractivity contribution in [2.75, 3.05) is 26.2 Å². The molecule has 2 unspecified atom stereocenters. The Kier molecular flexibility index (Phi) is 5.30. The summed E-state index contributed by atoms with van der Waals surface area (Å²) in [6, 6.07) is 0.762. The van der Waals surface area contributed by atoms with Crippen LogP contribution in [0.2, 0.25) is 0 Å². The Balaban J connectivity index is 1.80. The van der Waals surface area contributed by atoms with Gasteiger partial charge in [-0.25, -0.2) is 0 Å². The summed E-state index contributed by atoms with van der Waals surface area (Å²) in [7, 11) is 0. The highest BCUT2D eigenvalue weighted by Gasteiger charge is 2.28. The Labute approximate surface area is 107 Å². The molecule has 2 heteroatoms. The van der Waals surface area contributed by atoms with Crippen molar-refractivity contribution in [3.05, 3.63) is 0 Å². The van der Waals surface area contributed by atoms with E-state index < -0.39 is 0 Å². The van der Waals surface area contributed by atoms with Crippen LogP contribution >= 0.6 is 0 Å². The number of hydrogen-bond acceptors (Lipinski definition) is 2. The lowest BCUT2D eigenvalue weighted by Gasteiger charge is -2.29. The first-order chi connectivity index (χ1) is 8.33. The average Bonchev–Trinajstić information content (AvgIpc) is 2.99. The lowest BCUT2D eigenvalue weighted by atomic mass is 9.97. The van der Waals surface area contributed by atoms with E-state index in [2.05, 4.69) is 24.1 Å². The summed E-state index contributed by atoms with van der Waals surface area (Å²) in [5.74, 6) is 1.93. The van der Waals surface area contributed by atoms with Crippen LogP contribution in [-0.4, -0.2) is 37.1 Å². The van der Waals surface area contributed by atoms with Gasteiger partial charge >= 0.3 is 0 Å². The lowest BCUT2D eigenvalue weighted by molar-refractivity contribution is 0.236. The van der Waals surface area contributed by atoms with E-state index >= 15 is 0 Å². The smallest absolute Gasteiger partial charge is 0.0223 e. The minimum absolute atomic E-state index is 0.762. The lowest BCUT2D eigenvalue weighted by Crippen LogP contribution is -2.44. The normalized spacial score (nSPS) is 28.9. The van der Waals surface area contributed by atoms with Gasteiger partial charge in [0.15, 0.2) is 0 Å². The van der Waals surface area contributed by atoms with Gasteiger partial charge in [0.1, 0.15) is 0 Å². The third kappa shape index (κ3) is 3.69. The molecule has 0 aromatic rings. The van der Waals surface area contributed by atoms with Gasteiger partial charge in [0, 0.05) is 19.1 Å². The molecule has 2 fully saturated rings. The Morgan fingerprint density at radius 1 is 1.18 bits per heavy atom. The SMILES string of the molecule is CCNC(CN1CCC(CC)C1)C1CCCC1. The number of rotatable bonds is 6. The van der Waals surface area contributed by atoms with E-state index in [-0.39, 0.29) is 0 Å². The van der Waals surface area contributed by atoms with Crippen LogP contribution < -0.4 is 5.32 Å². The predicted octanol–water partition coefficient (Wildman–Crippen LogP) is 2.89. The average molecular weight is 238 g/mol. The molecule has 0 spiro atoms. The molecule has 2 nitrogen and oxygen atoms in total. The fraction of sp³-hybridized carbons (Fsp3) is 1.00. The number of nitrogens with zero attached hydrogens (tertiary/aromatic N) is 1. The van der Waals surface area contributed by atoms with Gasteiger partial charge in [-0.3, -0.25) is 0 Å². The van der Waals surface area contributed by atoms with Crippen LogP contribution in [0.4, 0.5) is 0 Å². The predicted molar refractivity (Wildman–Crippen MR) is 74.3 cm³/mol. The largest absolute Gasteiger partial charge is 0.313 e. The van der Waals surface area contributed by atoms with Crippen LogP contribution in [0.15, 0.2) is 0 Å². The first kappa shape index (κ1) is 13.4. The second-order valence-corrected chi connectivity index (χ2v) is 6.03. The third-order valence-electron chi connectivity index (χ3n) is 4.84. The fourth-order valence-corrected chi connectivity index (χ4v) is 3.69. The minimum atomic E-state index is 0.762. The topological polar surface area (TPSA) is 15.3 Å². The van der Waals surface area contributed by atoms with Crippen LogP contribution in [0.25, 0.3) is 0 Å². The van der Waals surface area contributed by atoms with E-state index in [1.165, 1.54) is 58.2 Å². The molecule has 1 saturated carbocycles. The van der Waals surface area contributed by atoms with Crippen LogP contribution in [0, 0.1) is 11.8 Å². The Morgan fingerprint density at radius 2 is 1.94 bits per heavy atom. The Bertz CT molecular complexity index is 211. The summed E-state index contributed by atoms with van der Waals surface area (Å²) in [6.07, 6.45) is 8.64. The Morgan fingerprint density at radius 3 is 2.53 bits per heavy atom. The van der Waals surface area contributed by atoms with Crippen molar-refractivity contribution in [3.8, 4) is 0 Å². The van der Waals surface area contributed by atoms with Crippen molar-refractivity contribution in [2.24, 2.45) is 11.8 Å². The van der Waals surface area contributed by atoms with Crippen LogP contribution in [-0.2, 0) is 0 Å². The molecule has 1 heterocycles. The van der Waals surface area contributed by atoms with E-state index in [1.54, 1.807) is 0 Å². The van der Waals surface area contributed by atoms with Crippen molar-refractivity contribution in [2.45, 2.75) is 58.4 Å². The summed E-state index contributed by atoms with van der Waals surface area (Å²) in [6.45, 7) is 9.72. The van der Waals surface area contributed by atoms with Crippen molar-refractivity contribution in [3.63, 3.8) is 0 Å². The highest BCUT2D eigenvalue weighted by molar-refractivity contribution is 4.85. The van der Waals surface area contributed by atoms with E-state index in [0.717, 1.165) is 24.4 Å². The molecule has 2 atom stereocenters. The van der Waals surface area contributed by atoms with Gasteiger partial charge < -0.3 is 10.2 Å². The van der Waals surface area contributed by atoms with Gasteiger partial charge in [-0.05, 0) is 44.2 Å². The molecule has 0 bridgehead atoms. The number of hydrogen-bond donors (Lipinski definition) is 1. The quantitative estimate of drug-likeness (QED) is 0.765. The highest BCUT2D eigenvalue weighted by atomic mass is 15.2. The number of likely N-dealkylation sites (N-methyl/N-ethyl adjacent to an activating group) is 1. The number of nitrogens with one attached hydrogen (secondary N) is 1. The standard InChI is InChI=1S/C15H30N2/c1-3-13-9-10-17(11-13)12-15(16-4-2)14-7-5-6-8-14/h13-16H,3-12H2,1-2H3. The number of likely N-dealkylation sites (tertiary alicyclic amines) is 1. The molecule has 1 N–H and O–H groups in total. The van der Waals surface area contributed by atoms with Gasteiger partial charge in [0.05, 0.1) is 0 Å². The summed E-state index contributed by atoms with van der Waals surface area (Å²) in [4.78, 5) is 2.71. The molecule has 2 aliphatic rings. The summed E-state index contributed by atoms with van der Waals surface area (Å²) in [5, 5.41) is 3.74. The highest BCUT2D eigenvalue weighted by Crippen LogP contribution is 2.29. The molecule has 2 rings (SSSR count). The molecule has 1 saturated heterocycles. The van der Waals surface area contributed by atoms with Gasteiger partial charge in [-0.15, -0.1) is 0 Å². The first-order valence-corrected chi connectivity index (χ1v) is 7.79. The molecule has 0 radical (unpaired) electrons. The zero-order chi connectivity index (χ0) is 12.1. The molecule has 0 aromatic carbocycles. The molecular formula is C15H30N2. The molecule has 1 aliphatic carbocycles. The van der Waals surface area contributed by atoms with Crippen molar-refractivity contribution in [1.82, 2.24) is 10.2 Å². The van der Waals surface area contributed by atoms with Gasteiger partial charge in [0.2, 0.25) is 0 Å². The van der Waals surface area contributed by atoms with Crippen molar-refractivity contribution in [1.29, 1.82) is 0 Å². The van der Waals surface area contributed by atoms with E-state index in [0.29, 0.717) is 0 Å². The summed E-state index contributed by atoms with van der Waals surface area (Å²) in [5.41, 5.74) is 0. The maximum absolute atomic E-state index is 3.74. The fourth-order valence-electron chi connectivity index (χ4n) is 3.69. The monoisotopic (exact) mass is 238 g/mol. The zero-order valence-corrected chi connectivity index (χ0v) is 11.8. The van der Waals surface area contributed by atoms with Crippen LogP contribution in [0.5, 0.6) is 0 Å². The van der Waals surface area contributed by atoms with E-state index in [1.807, 2.05) is 0 Å². The van der Waals surface area contributed by atoms with E-state index in [4.69, 9.17) is 0 Å². The second-order valence-electron chi connectivity index (χ2n) is 6.03. The summed E-state index contributed by atoms with van der Waals surface area (Å²) >= 11 is 0. The molecule has 100 valence electrons. The second kappa shape index (κ2) is 6.75. The van der Waals surface area contributed by atoms with E-state index in [9.17, 15) is 0 Å². The van der Waals surface area contributed by atoms with Crippen LogP contribution in [0.1, 0.15) is 52.4 Å². The van der Waals surface area contributed by atoms with Gasteiger partial charge in [-0.2, -0.15) is 0 Å². The molecule has 0 aromatic heterocycles. The third-order valence-corrected chi connectivity index (χ3v) is 4.84. The molecular weight excluding hydrogens is 208 g/mol. The molecule has 1 aliphatic heterocycles. The Hall–Kier alpha value is -0.0800. The minimum Gasteiger partial charge on any atom is -0.313 e. The maximum atomic E-state index is 3.74. The van der Waals surface area contributed by atoms with Crippen LogP contribution in [0.3, 0.4) is 0 Å². The first-order valence-electron chi connectivity index (χ1n) is 7.79. The van der Waals surface area contributed by atoms with Crippen molar-refractivity contribution < 1.29 is 0 Å². The maximum Gasteiger partial charge on any atom is 0.0223 e. The van der Waals surface area contributed by atoms with Gasteiger partial charge in [0.25, 0.3) is 0 Å². The van der Waals surface area contributed by atoms with Gasteiger partial charge in [-0.1, -0.05) is 33.1 Å².